The van der Waals surface area contributed by atoms with Crippen LogP contribution in [0.1, 0.15) is 35.2 Å². The lowest BCUT2D eigenvalue weighted by Gasteiger charge is -2.11. The van der Waals surface area contributed by atoms with Gasteiger partial charge in [-0.1, -0.05) is 17.7 Å². The van der Waals surface area contributed by atoms with Crippen molar-refractivity contribution in [3.05, 3.63) is 35.4 Å². The van der Waals surface area contributed by atoms with Gasteiger partial charge in [0, 0.05) is 12.1 Å². The monoisotopic (exact) mass is 277 g/mol. The summed E-state index contributed by atoms with van der Waals surface area (Å²) in [6.07, 6.45) is 2.35. The van der Waals surface area contributed by atoms with Crippen molar-refractivity contribution in [1.82, 2.24) is 10.6 Å². The van der Waals surface area contributed by atoms with Crippen LogP contribution in [-0.2, 0) is 4.79 Å². The van der Waals surface area contributed by atoms with Crippen LogP contribution >= 0.6 is 0 Å². The van der Waals surface area contributed by atoms with Gasteiger partial charge >= 0.3 is 0 Å². The van der Waals surface area contributed by atoms with E-state index >= 15 is 0 Å². The molecule has 1 aromatic carbocycles. The molecule has 0 aliphatic rings. The molecule has 0 spiro atoms. The van der Waals surface area contributed by atoms with E-state index in [0.717, 1.165) is 18.4 Å². The molecule has 0 aromatic heterocycles. The Morgan fingerprint density at radius 2 is 1.85 bits per heavy atom. The molecule has 20 heavy (non-hydrogen) atoms. The number of carbonyl (C=O) groups is 2. The Morgan fingerprint density at radius 1 is 1.20 bits per heavy atom. The third-order valence-electron chi connectivity index (χ3n) is 3.21. The van der Waals surface area contributed by atoms with Crippen LogP contribution < -0.4 is 16.4 Å². The number of nitrogens with one attached hydrogen (secondary N) is 2. The molecule has 110 valence electrons. The van der Waals surface area contributed by atoms with Crippen LogP contribution in [0.2, 0.25) is 0 Å². The molecule has 0 fully saturated rings. The quantitative estimate of drug-likeness (QED) is 0.619. The molecule has 0 saturated heterocycles. The molecule has 1 atom stereocenters. The zero-order valence-electron chi connectivity index (χ0n) is 12.1. The van der Waals surface area contributed by atoms with Gasteiger partial charge in [0.25, 0.3) is 5.91 Å². The van der Waals surface area contributed by atoms with Gasteiger partial charge in [0.15, 0.2) is 0 Å². The van der Waals surface area contributed by atoms with E-state index in [1.165, 1.54) is 0 Å². The minimum absolute atomic E-state index is 0.0648. The van der Waals surface area contributed by atoms with E-state index in [1.54, 1.807) is 7.05 Å². The van der Waals surface area contributed by atoms with Crippen molar-refractivity contribution < 1.29 is 9.59 Å². The van der Waals surface area contributed by atoms with Crippen molar-refractivity contribution in [3.8, 4) is 0 Å². The number of hydrogen-bond donors (Lipinski definition) is 3. The minimum Gasteiger partial charge on any atom is -0.368 e. The van der Waals surface area contributed by atoms with E-state index in [9.17, 15) is 9.59 Å². The van der Waals surface area contributed by atoms with Crippen molar-refractivity contribution in [2.24, 2.45) is 5.73 Å². The second-order valence-corrected chi connectivity index (χ2v) is 4.86. The van der Waals surface area contributed by atoms with Gasteiger partial charge in [-0.15, -0.1) is 0 Å². The average Bonchev–Trinajstić information content (AvgIpc) is 2.42. The normalized spacial score (nSPS) is 11.9. The number of likely N-dealkylation sites (N-methyl/N-ethyl adjacent to an activating group) is 1. The van der Waals surface area contributed by atoms with E-state index in [-0.39, 0.29) is 17.9 Å². The number of primary amides is 1. The first-order chi connectivity index (χ1) is 9.54. The van der Waals surface area contributed by atoms with Gasteiger partial charge in [-0.25, -0.2) is 0 Å². The SMILES string of the molecule is CN[C@@H](CCCCNC(=O)c1ccc(C)cc1)C(N)=O. The number of aryl methyl sites for hydroxylation is 1. The highest BCUT2D eigenvalue weighted by molar-refractivity contribution is 5.94. The van der Waals surface area contributed by atoms with Crippen LogP contribution in [-0.4, -0.2) is 31.4 Å². The van der Waals surface area contributed by atoms with Crippen LogP contribution in [0.4, 0.5) is 0 Å². The van der Waals surface area contributed by atoms with E-state index in [1.807, 2.05) is 31.2 Å². The highest BCUT2D eigenvalue weighted by Gasteiger charge is 2.11. The topological polar surface area (TPSA) is 84.2 Å². The van der Waals surface area contributed by atoms with Gasteiger partial charge < -0.3 is 16.4 Å². The average molecular weight is 277 g/mol. The largest absolute Gasteiger partial charge is 0.368 e. The Hall–Kier alpha value is -1.88. The number of unbranched alkanes of at least 4 members (excludes halogenated alkanes) is 1. The van der Waals surface area contributed by atoms with Crippen LogP contribution in [0.3, 0.4) is 0 Å². The number of benzene rings is 1. The lowest BCUT2D eigenvalue weighted by atomic mass is 10.1. The summed E-state index contributed by atoms with van der Waals surface area (Å²) in [6, 6.07) is 7.17. The first-order valence-electron chi connectivity index (χ1n) is 6.86. The summed E-state index contributed by atoms with van der Waals surface area (Å²) in [4.78, 5) is 22.8. The zero-order valence-corrected chi connectivity index (χ0v) is 12.1. The Labute approximate surface area is 119 Å². The molecular formula is C15H23N3O2. The summed E-state index contributed by atoms with van der Waals surface area (Å²) in [7, 11) is 1.72. The lowest BCUT2D eigenvalue weighted by Crippen LogP contribution is -2.39. The molecule has 4 N–H and O–H groups in total. The molecule has 2 amide bonds. The summed E-state index contributed by atoms with van der Waals surface area (Å²) in [6.45, 7) is 2.58. The number of amides is 2. The van der Waals surface area contributed by atoms with Crippen LogP contribution in [0.5, 0.6) is 0 Å². The van der Waals surface area contributed by atoms with Gasteiger partial charge in [0.1, 0.15) is 0 Å². The summed E-state index contributed by atoms with van der Waals surface area (Å²) in [5, 5.41) is 5.73. The minimum atomic E-state index is -0.337. The molecule has 5 heteroatoms. The third kappa shape index (κ3) is 5.40. The predicted octanol–water partition coefficient (Wildman–Crippen LogP) is 0.968. The smallest absolute Gasteiger partial charge is 0.251 e. The van der Waals surface area contributed by atoms with Gasteiger partial charge in [0.05, 0.1) is 6.04 Å². The van der Waals surface area contributed by atoms with Gasteiger partial charge in [0.2, 0.25) is 5.91 Å². The van der Waals surface area contributed by atoms with Crippen LogP contribution in [0.15, 0.2) is 24.3 Å². The summed E-state index contributed by atoms with van der Waals surface area (Å²) in [5.74, 6) is -0.402. The summed E-state index contributed by atoms with van der Waals surface area (Å²) >= 11 is 0. The highest BCUT2D eigenvalue weighted by atomic mass is 16.2. The predicted molar refractivity (Wildman–Crippen MR) is 79.4 cm³/mol. The number of nitrogens with two attached hydrogens (primary N) is 1. The molecular weight excluding hydrogens is 254 g/mol. The first kappa shape index (κ1) is 16.2. The molecule has 5 nitrogen and oxygen atoms in total. The molecule has 1 aromatic rings. The molecule has 0 aliphatic carbocycles. The van der Waals surface area contributed by atoms with E-state index < -0.39 is 0 Å². The fourth-order valence-electron chi connectivity index (χ4n) is 1.91. The number of rotatable bonds is 8. The van der Waals surface area contributed by atoms with E-state index in [4.69, 9.17) is 5.73 Å². The fourth-order valence-corrected chi connectivity index (χ4v) is 1.91. The second kappa shape index (κ2) is 8.32. The molecule has 0 radical (unpaired) electrons. The van der Waals surface area contributed by atoms with Crippen molar-refractivity contribution >= 4 is 11.8 Å². The first-order valence-corrected chi connectivity index (χ1v) is 6.86. The Bertz CT molecular complexity index is 443. The van der Waals surface area contributed by atoms with E-state index in [2.05, 4.69) is 10.6 Å². The van der Waals surface area contributed by atoms with Crippen LogP contribution in [0.25, 0.3) is 0 Å². The Balaban J connectivity index is 2.22. The maximum Gasteiger partial charge on any atom is 0.251 e. The highest BCUT2D eigenvalue weighted by Crippen LogP contribution is 2.03. The molecule has 0 bridgehead atoms. The lowest BCUT2D eigenvalue weighted by molar-refractivity contribution is -0.120. The van der Waals surface area contributed by atoms with Crippen LogP contribution in [0, 0.1) is 6.92 Å². The molecule has 0 unspecified atom stereocenters. The maximum atomic E-state index is 11.8. The molecule has 0 saturated carbocycles. The van der Waals surface area contributed by atoms with Gasteiger partial charge in [-0.05, 0) is 45.4 Å². The number of hydrogen-bond acceptors (Lipinski definition) is 3. The second-order valence-electron chi connectivity index (χ2n) is 4.86. The molecule has 1 rings (SSSR count). The maximum absolute atomic E-state index is 11.8. The molecule has 0 aliphatic heterocycles. The van der Waals surface area contributed by atoms with Gasteiger partial charge in [-0.3, -0.25) is 9.59 Å². The third-order valence-corrected chi connectivity index (χ3v) is 3.21. The Morgan fingerprint density at radius 3 is 2.40 bits per heavy atom. The fraction of sp³-hybridized carbons (Fsp3) is 0.467. The standard InChI is InChI=1S/C15H23N3O2/c1-11-6-8-12(9-7-11)15(20)18-10-4-3-5-13(17-2)14(16)19/h6-9,13,17H,3-5,10H2,1-2H3,(H2,16,19)(H,18,20)/t13-/m0/s1. The van der Waals surface area contributed by atoms with Crippen molar-refractivity contribution in [2.45, 2.75) is 32.2 Å². The summed E-state index contributed by atoms with van der Waals surface area (Å²) in [5.41, 5.74) is 7.03. The number of carbonyl (C=O) groups excluding carboxylic acids is 2. The Kier molecular flexibility index (Phi) is 6.73. The van der Waals surface area contributed by atoms with Crippen molar-refractivity contribution in [2.75, 3.05) is 13.6 Å². The van der Waals surface area contributed by atoms with Crippen molar-refractivity contribution in [3.63, 3.8) is 0 Å². The molecule has 0 heterocycles. The van der Waals surface area contributed by atoms with Crippen molar-refractivity contribution in [1.29, 1.82) is 0 Å². The van der Waals surface area contributed by atoms with E-state index in [0.29, 0.717) is 18.5 Å². The van der Waals surface area contributed by atoms with Gasteiger partial charge in [-0.2, -0.15) is 0 Å². The summed E-state index contributed by atoms with van der Waals surface area (Å²) < 4.78 is 0. The zero-order chi connectivity index (χ0) is 15.0.